The maximum Gasteiger partial charge on any atom is 0.216 e. The average molecular weight is 257 g/mol. The van der Waals surface area contributed by atoms with Crippen LogP contribution in [0.3, 0.4) is 0 Å². The summed E-state index contributed by atoms with van der Waals surface area (Å²) in [5.74, 6) is 1.28. The lowest BCUT2D eigenvalue weighted by Gasteiger charge is -2.07. The van der Waals surface area contributed by atoms with Crippen molar-refractivity contribution < 1.29 is 14.2 Å². The Morgan fingerprint density at radius 3 is 2.37 bits per heavy atom. The summed E-state index contributed by atoms with van der Waals surface area (Å²) in [4.78, 5) is 0. The van der Waals surface area contributed by atoms with E-state index in [-0.39, 0.29) is 0 Å². The molecule has 0 aliphatic rings. The summed E-state index contributed by atoms with van der Waals surface area (Å²) in [7, 11) is 3.14. The topological polar surface area (TPSA) is 44.5 Å². The first-order valence-electron chi connectivity index (χ1n) is 5.83. The monoisotopic (exact) mass is 257 g/mol. The third-order valence-corrected chi connectivity index (χ3v) is 2.71. The minimum Gasteiger partial charge on any atom is -0.618 e. The fourth-order valence-corrected chi connectivity index (χ4v) is 1.70. The molecule has 2 aromatic rings. The third-order valence-electron chi connectivity index (χ3n) is 2.71. The average Bonchev–Trinajstić information content (AvgIpc) is 2.48. The molecule has 0 fully saturated rings. The molecule has 98 valence electrons. The van der Waals surface area contributed by atoms with Crippen molar-refractivity contribution in [2.24, 2.45) is 0 Å². The summed E-state index contributed by atoms with van der Waals surface area (Å²) in [6, 6.07) is 14.3. The molecule has 4 nitrogen and oxygen atoms in total. The number of rotatable bonds is 4. The number of para-hydroxylation sites is 1. The Bertz CT molecular complexity index is 579. The number of nitrogens with zero attached hydrogens (tertiary/aromatic N) is 1. The van der Waals surface area contributed by atoms with Crippen molar-refractivity contribution >= 4 is 11.9 Å². The predicted octanol–water partition coefficient (Wildman–Crippen LogP) is 2.96. The van der Waals surface area contributed by atoms with Gasteiger partial charge in [-0.1, -0.05) is 18.2 Å². The SMILES string of the molecule is COc1ccc(/C=[N+](/[O-])c2ccccc2)c(OC)c1. The van der Waals surface area contributed by atoms with Crippen LogP contribution in [0.4, 0.5) is 5.69 Å². The first-order chi connectivity index (χ1) is 9.24. The Kier molecular flexibility index (Phi) is 4.03. The fraction of sp³-hybridized carbons (Fsp3) is 0.133. The van der Waals surface area contributed by atoms with Crippen LogP contribution in [0.5, 0.6) is 11.5 Å². The molecule has 0 saturated heterocycles. The smallest absolute Gasteiger partial charge is 0.216 e. The van der Waals surface area contributed by atoms with Crippen LogP contribution in [0.2, 0.25) is 0 Å². The molecule has 0 amide bonds. The Hall–Kier alpha value is -2.49. The van der Waals surface area contributed by atoms with Crippen LogP contribution >= 0.6 is 0 Å². The second-order valence-electron chi connectivity index (χ2n) is 3.90. The van der Waals surface area contributed by atoms with Crippen LogP contribution in [0.25, 0.3) is 0 Å². The van der Waals surface area contributed by atoms with E-state index < -0.39 is 0 Å². The minimum absolute atomic E-state index is 0.570. The van der Waals surface area contributed by atoms with Crippen LogP contribution in [0, 0.1) is 5.21 Å². The second kappa shape index (κ2) is 5.91. The first-order valence-corrected chi connectivity index (χ1v) is 5.83. The summed E-state index contributed by atoms with van der Waals surface area (Å²) in [6.45, 7) is 0. The highest BCUT2D eigenvalue weighted by Gasteiger charge is 2.07. The van der Waals surface area contributed by atoms with Crippen LogP contribution < -0.4 is 9.47 Å². The van der Waals surface area contributed by atoms with Gasteiger partial charge >= 0.3 is 0 Å². The van der Waals surface area contributed by atoms with Gasteiger partial charge < -0.3 is 14.7 Å². The Morgan fingerprint density at radius 2 is 1.74 bits per heavy atom. The third kappa shape index (κ3) is 3.04. The zero-order chi connectivity index (χ0) is 13.7. The van der Waals surface area contributed by atoms with Gasteiger partial charge in [0, 0.05) is 18.2 Å². The molecular weight excluding hydrogens is 242 g/mol. The van der Waals surface area contributed by atoms with E-state index in [1.165, 1.54) is 6.21 Å². The van der Waals surface area contributed by atoms with Crippen molar-refractivity contribution in [3.8, 4) is 11.5 Å². The summed E-state index contributed by atoms with van der Waals surface area (Å²) in [5, 5.41) is 12.0. The Balaban J connectivity index is 2.37. The first kappa shape index (κ1) is 13.0. The number of ether oxygens (including phenoxy) is 2. The van der Waals surface area contributed by atoms with Gasteiger partial charge in [0.1, 0.15) is 11.5 Å². The van der Waals surface area contributed by atoms with Gasteiger partial charge in [-0.2, -0.15) is 4.74 Å². The molecule has 0 spiro atoms. The molecule has 0 saturated carbocycles. The van der Waals surface area contributed by atoms with Crippen LogP contribution in [-0.4, -0.2) is 25.2 Å². The summed E-state index contributed by atoms with van der Waals surface area (Å²) in [5.41, 5.74) is 1.27. The lowest BCUT2D eigenvalue weighted by atomic mass is 10.2. The maximum absolute atomic E-state index is 12.0. The number of benzene rings is 2. The van der Waals surface area contributed by atoms with Gasteiger partial charge in [-0.25, -0.2) is 0 Å². The second-order valence-corrected chi connectivity index (χ2v) is 3.90. The van der Waals surface area contributed by atoms with Gasteiger partial charge in [0.2, 0.25) is 5.69 Å². The van der Waals surface area contributed by atoms with Crippen molar-refractivity contribution in [1.82, 2.24) is 0 Å². The van der Waals surface area contributed by atoms with Gasteiger partial charge in [0.05, 0.1) is 19.8 Å². The molecule has 0 bridgehead atoms. The van der Waals surface area contributed by atoms with E-state index in [4.69, 9.17) is 9.47 Å². The molecule has 0 radical (unpaired) electrons. The Labute approximate surface area is 112 Å². The van der Waals surface area contributed by atoms with Crippen molar-refractivity contribution in [2.45, 2.75) is 0 Å². The summed E-state index contributed by atoms with van der Waals surface area (Å²) >= 11 is 0. The molecule has 19 heavy (non-hydrogen) atoms. The van der Waals surface area contributed by atoms with Crippen molar-refractivity contribution in [3.63, 3.8) is 0 Å². The molecular formula is C15H15NO3. The van der Waals surface area contributed by atoms with E-state index >= 15 is 0 Å². The zero-order valence-corrected chi connectivity index (χ0v) is 10.9. The lowest BCUT2D eigenvalue weighted by molar-refractivity contribution is -0.354. The van der Waals surface area contributed by atoms with Crippen LogP contribution in [0.15, 0.2) is 48.5 Å². The number of hydrogen-bond donors (Lipinski definition) is 0. The molecule has 0 aliphatic heterocycles. The van der Waals surface area contributed by atoms with Gasteiger partial charge in [0.25, 0.3) is 0 Å². The van der Waals surface area contributed by atoms with Crippen molar-refractivity contribution in [1.29, 1.82) is 0 Å². The minimum atomic E-state index is 0.570. The van der Waals surface area contributed by atoms with Gasteiger partial charge in [-0.3, -0.25) is 0 Å². The van der Waals surface area contributed by atoms with E-state index in [1.54, 1.807) is 44.6 Å². The van der Waals surface area contributed by atoms with E-state index in [2.05, 4.69) is 0 Å². The van der Waals surface area contributed by atoms with E-state index in [0.29, 0.717) is 22.7 Å². The maximum atomic E-state index is 12.0. The van der Waals surface area contributed by atoms with Crippen molar-refractivity contribution in [2.75, 3.05) is 14.2 Å². The molecule has 0 atom stereocenters. The lowest BCUT2D eigenvalue weighted by Crippen LogP contribution is -2.01. The van der Waals surface area contributed by atoms with E-state index in [9.17, 15) is 5.21 Å². The molecule has 0 unspecified atom stereocenters. The molecule has 0 aliphatic carbocycles. The normalized spacial score (nSPS) is 11.2. The van der Waals surface area contributed by atoms with Gasteiger partial charge in [-0.15, -0.1) is 0 Å². The highest BCUT2D eigenvalue weighted by molar-refractivity contribution is 5.81. The number of hydrogen-bond acceptors (Lipinski definition) is 3. The van der Waals surface area contributed by atoms with Gasteiger partial charge in [0.15, 0.2) is 6.21 Å². The quantitative estimate of drug-likeness (QED) is 0.366. The standard InChI is InChI=1S/C15H15NO3/c1-18-14-9-8-12(15(10-14)19-2)11-16(17)13-6-4-3-5-7-13/h3-11H,1-2H3/b16-11+. The predicted molar refractivity (Wildman–Crippen MR) is 74.4 cm³/mol. The van der Waals surface area contributed by atoms with Gasteiger partial charge in [-0.05, 0) is 12.1 Å². The summed E-state index contributed by atoms with van der Waals surface area (Å²) in [6.07, 6.45) is 1.48. The Morgan fingerprint density at radius 1 is 1.00 bits per heavy atom. The van der Waals surface area contributed by atoms with E-state index in [1.807, 2.05) is 18.2 Å². The van der Waals surface area contributed by atoms with E-state index in [0.717, 1.165) is 4.74 Å². The van der Waals surface area contributed by atoms with Crippen LogP contribution in [-0.2, 0) is 0 Å². The highest BCUT2D eigenvalue weighted by atomic mass is 16.5. The largest absolute Gasteiger partial charge is 0.618 e. The molecule has 0 aromatic heterocycles. The van der Waals surface area contributed by atoms with Crippen molar-refractivity contribution in [3.05, 3.63) is 59.3 Å². The molecule has 2 aromatic carbocycles. The van der Waals surface area contributed by atoms with Crippen LogP contribution in [0.1, 0.15) is 5.56 Å². The molecule has 0 N–H and O–H groups in total. The fourth-order valence-electron chi connectivity index (χ4n) is 1.70. The molecule has 4 heteroatoms. The number of methoxy groups -OCH3 is 2. The zero-order valence-electron chi connectivity index (χ0n) is 10.9. The molecule has 0 heterocycles. The highest BCUT2D eigenvalue weighted by Crippen LogP contribution is 2.23. The molecule has 2 rings (SSSR count). The summed E-state index contributed by atoms with van der Waals surface area (Å²) < 4.78 is 11.2.